The number of hydrogen-bond acceptors (Lipinski definition) is 6. The molecule has 3 rings (SSSR count). The number of methoxy groups -OCH3 is 1. The Morgan fingerprint density at radius 2 is 2.09 bits per heavy atom. The molecule has 0 saturated heterocycles. The summed E-state index contributed by atoms with van der Waals surface area (Å²) in [5.41, 5.74) is 2.23. The average Bonchev–Trinajstić information content (AvgIpc) is 2.99. The van der Waals surface area contributed by atoms with E-state index >= 15 is 0 Å². The van der Waals surface area contributed by atoms with E-state index in [-0.39, 0.29) is 0 Å². The van der Waals surface area contributed by atoms with Gasteiger partial charge in [0.2, 0.25) is 5.89 Å². The Labute approximate surface area is 133 Å². The lowest BCUT2D eigenvalue weighted by Gasteiger charge is -2.04. The molecule has 0 amide bonds. The Hall–Kier alpha value is -1.92. The number of nitrogens with zero attached hydrogens (tertiary/aromatic N) is 3. The molecule has 22 heavy (non-hydrogen) atoms. The number of aryl methyl sites for hydroxylation is 1. The molecule has 3 aromatic rings. The van der Waals surface area contributed by atoms with E-state index in [1.54, 1.807) is 18.9 Å². The molecular formula is C16H17N3O2S. The van der Waals surface area contributed by atoms with Crippen LogP contribution in [0.15, 0.2) is 39.9 Å². The van der Waals surface area contributed by atoms with Crippen molar-refractivity contribution < 1.29 is 9.26 Å². The maximum Gasteiger partial charge on any atom is 0.237 e. The number of benzene rings is 1. The van der Waals surface area contributed by atoms with E-state index in [9.17, 15) is 0 Å². The van der Waals surface area contributed by atoms with Crippen molar-refractivity contribution in [2.75, 3.05) is 13.7 Å². The average molecular weight is 315 g/mol. The Morgan fingerprint density at radius 3 is 2.95 bits per heavy atom. The summed E-state index contributed by atoms with van der Waals surface area (Å²) >= 11 is 1.60. The zero-order valence-electron chi connectivity index (χ0n) is 12.6. The molecule has 0 saturated carbocycles. The predicted molar refractivity (Wildman–Crippen MR) is 85.9 cm³/mol. The Kier molecular flexibility index (Phi) is 4.70. The van der Waals surface area contributed by atoms with Crippen molar-refractivity contribution in [2.24, 2.45) is 0 Å². The summed E-state index contributed by atoms with van der Waals surface area (Å²) in [6.45, 7) is 2.70. The first-order valence-electron chi connectivity index (χ1n) is 7.06. The first-order chi connectivity index (χ1) is 10.8. The highest BCUT2D eigenvalue weighted by atomic mass is 32.2. The summed E-state index contributed by atoms with van der Waals surface area (Å²) in [6.07, 6.45) is 0.665. The lowest BCUT2D eigenvalue weighted by Crippen LogP contribution is -1.96. The zero-order valence-corrected chi connectivity index (χ0v) is 13.4. The van der Waals surface area contributed by atoms with Crippen molar-refractivity contribution in [2.45, 2.75) is 24.1 Å². The number of aromatic nitrogens is 3. The second-order valence-electron chi connectivity index (χ2n) is 4.93. The third kappa shape index (κ3) is 3.45. The van der Waals surface area contributed by atoms with Crippen molar-refractivity contribution in [3.05, 3.63) is 47.6 Å². The molecule has 0 aliphatic carbocycles. The van der Waals surface area contributed by atoms with Gasteiger partial charge >= 0.3 is 0 Å². The van der Waals surface area contributed by atoms with Crippen LogP contribution in [-0.4, -0.2) is 28.8 Å². The van der Waals surface area contributed by atoms with Crippen molar-refractivity contribution >= 4 is 22.7 Å². The summed E-state index contributed by atoms with van der Waals surface area (Å²) < 4.78 is 10.2. The smallest absolute Gasteiger partial charge is 0.237 e. The standard InChI is InChI=1S/C16H17N3O2S/c1-11-9-16(17-13-6-4-3-5-12(11)13)22-10-15-18-14(19-21-15)7-8-20-2/h3-6,9H,7-8,10H2,1-2H3. The van der Waals surface area contributed by atoms with Crippen LogP contribution in [0.1, 0.15) is 17.3 Å². The lowest BCUT2D eigenvalue weighted by atomic mass is 10.1. The molecule has 1 aromatic carbocycles. The second kappa shape index (κ2) is 6.89. The van der Waals surface area contributed by atoms with Crippen LogP contribution in [0.4, 0.5) is 0 Å². The van der Waals surface area contributed by atoms with Crippen LogP contribution in [0.5, 0.6) is 0 Å². The van der Waals surface area contributed by atoms with Gasteiger partial charge in [0.15, 0.2) is 5.82 Å². The third-order valence-corrected chi connectivity index (χ3v) is 4.18. The van der Waals surface area contributed by atoms with Gasteiger partial charge in [-0.15, -0.1) is 0 Å². The lowest BCUT2D eigenvalue weighted by molar-refractivity contribution is 0.199. The van der Waals surface area contributed by atoms with Gasteiger partial charge in [-0.1, -0.05) is 35.1 Å². The van der Waals surface area contributed by atoms with Gasteiger partial charge in [0.1, 0.15) is 0 Å². The Morgan fingerprint density at radius 1 is 1.23 bits per heavy atom. The Bertz CT molecular complexity index is 773. The van der Waals surface area contributed by atoms with Crippen LogP contribution in [-0.2, 0) is 16.9 Å². The molecule has 0 radical (unpaired) electrons. The summed E-state index contributed by atoms with van der Waals surface area (Å²) in [6, 6.07) is 10.2. The first kappa shape index (κ1) is 15.0. The SMILES string of the molecule is COCCc1noc(CSc2cc(C)c3ccccc3n2)n1. The summed E-state index contributed by atoms with van der Waals surface area (Å²) in [4.78, 5) is 9.00. The molecular weight excluding hydrogens is 298 g/mol. The van der Waals surface area contributed by atoms with E-state index in [2.05, 4.69) is 34.2 Å². The highest BCUT2D eigenvalue weighted by Gasteiger charge is 2.08. The van der Waals surface area contributed by atoms with E-state index in [0.29, 0.717) is 30.5 Å². The van der Waals surface area contributed by atoms with E-state index in [1.165, 1.54) is 10.9 Å². The van der Waals surface area contributed by atoms with Crippen LogP contribution in [0.2, 0.25) is 0 Å². The van der Waals surface area contributed by atoms with Gasteiger partial charge < -0.3 is 9.26 Å². The number of rotatable bonds is 6. The van der Waals surface area contributed by atoms with Crippen molar-refractivity contribution in [3.63, 3.8) is 0 Å². The van der Waals surface area contributed by atoms with Gasteiger partial charge in [-0.05, 0) is 24.6 Å². The topological polar surface area (TPSA) is 61.0 Å². The summed E-state index contributed by atoms with van der Waals surface area (Å²) in [5, 5.41) is 6.09. The zero-order chi connectivity index (χ0) is 15.4. The normalized spacial score (nSPS) is 11.2. The van der Waals surface area contributed by atoms with E-state index in [1.807, 2.05) is 18.2 Å². The highest BCUT2D eigenvalue weighted by molar-refractivity contribution is 7.98. The molecule has 0 aliphatic rings. The number of fused-ring (bicyclic) bond motifs is 1. The molecule has 0 aliphatic heterocycles. The molecule has 0 fully saturated rings. The van der Waals surface area contributed by atoms with E-state index in [4.69, 9.17) is 9.26 Å². The number of hydrogen-bond donors (Lipinski definition) is 0. The fourth-order valence-corrected chi connectivity index (χ4v) is 2.98. The quantitative estimate of drug-likeness (QED) is 0.650. The molecule has 2 aromatic heterocycles. The molecule has 0 atom stereocenters. The van der Waals surface area contributed by atoms with E-state index < -0.39 is 0 Å². The van der Waals surface area contributed by atoms with Crippen LogP contribution in [0, 0.1) is 6.92 Å². The van der Waals surface area contributed by atoms with Crippen LogP contribution in [0.3, 0.4) is 0 Å². The van der Waals surface area contributed by atoms with Crippen LogP contribution in [0.25, 0.3) is 10.9 Å². The number of pyridine rings is 1. The molecule has 5 nitrogen and oxygen atoms in total. The van der Waals surface area contributed by atoms with E-state index in [0.717, 1.165) is 10.5 Å². The summed E-state index contributed by atoms with van der Waals surface area (Å²) in [7, 11) is 1.66. The van der Waals surface area contributed by atoms with Gasteiger partial charge in [0.25, 0.3) is 0 Å². The van der Waals surface area contributed by atoms with Crippen LogP contribution >= 0.6 is 11.8 Å². The summed E-state index contributed by atoms with van der Waals surface area (Å²) in [5.74, 6) is 1.91. The monoisotopic (exact) mass is 315 g/mol. The highest BCUT2D eigenvalue weighted by Crippen LogP contribution is 2.25. The molecule has 0 unspecified atom stereocenters. The number of ether oxygens (including phenoxy) is 1. The molecule has 0 bridgehead atoms. The number of thioether (sulfide) groups is 1. The van der Waals surface area contributed by atoms with Gasteiger partial charge in [0, 0.05) is 18.9 Å². The Balaban J connectivity index is 1.69. The minimum absolute atomic E-state index is 0.595. The maximum absolute atomic E-state index is 5.24. The van der Waals surface area contributed by atoms with Gasteiger partial charge in [-0.2, -0.15) is 4.98 Å². The molecule has 6 heteroatoms. The van der Waals surface area contributed by atoms with Crippen LogP contribution < -0.4 is 0 Å². The molecule has 114 valence electrons. The van der Waals surface area contributed by atoms with Crippen molar-refractivity contribution in [1.82, 2.24) is 15.1 Å². The van der Waals surface area contributed by atoms with Crippen molar-refractivity contribution in [1.29, 1.82) is 0 Å². The van der Waals surface area contributed by atoms with Gasteiger partial charge in [0.05, 0.1) is 22.9 Å². The van der Waals surface area contributed by atoms with Crippen molar-refractivity contribution in [3.8, 4) is 0 Å². The molecule has 2 heterocycles. The van der Waals surface area contributed by atoms with Gasteiger partial charge in [-0.3, -0.25) is 0 Å². The fourth-order valence-electron chi connectivity index (χ4n) is 2.17. The predicted octanol–water partition coefficient (Wildman–Crippen LogP) is 3.41. The molecule has 0 spiro atoms. The second-order valence-corrected chi connectivity index (χ2v) is 5.93. The third-order valence-electron chi connectivity index (χ3n) is 3.28. The number of para-hydroxylation sites is 1. The molecule has 0 N–H and O–H groups in total. The fraction of sp³-hybridized carbons (Fsp3) is 0.312. The van der Waals surface area contributed by atoms with Gasteiger partial charge in [-0.25, -0.2) is 4.98 Å². The first-order valence-corrected chi connectivity index (χ1v) is 8.04. The minimum Gasteiger partial charge on any atom is -0.384 e. The largest absolute Gasteiger partial charge is 0.384 e. The maximum atomic E-state index is 5.24. The minimum atomic E-state index is 0.595.